The van der Waals surface area contributed by atoms with Crippen LogP contribution in [0.1, 0.15) is 42.1 Å². The molecule has 182 valence electrons. The molecule has 3 aromatic rings. The maximum atomic E-state index is 13.4. The van der Waals surface area contributed by atoms with Gasteiger partial charge in [-0.3, -0.25) is 4.90 Å². The Morgan fingerprint density at radius 1 is 1.22 bits per heavy atom. The summed E-state index contributed by atoms with van der Waals surface area (Å²) in [4.78, 5) is 27.3. The Morgan fingerprint density at radius 3 is 2.61 bits per heavy atom. The first-order valence-electron chi connectivity index (χ1n) is 10.5. The van der Waals surface area contributed by atoms with Gasteiger partial charge in [-0.25, -0.2) is 19.3 Å². The molecular formula is C25H18F3N5O3. The van der Waals surface area contributed by atoms with Gasteiger partial charge in [0.1, 0.15) is 6.04 Å². The Labute approximate surface area is 203 Å². The summed E-state index contributed by atoms with van der Waals surface area (Å²) in [6, 6.07) is 10.0. The first kappa shape index (κ1) is 24.4. The van der Waals surface area contributed by atoms with Gasteiger partial charge in [0, 0.05) is 16.9 Å². The summed E-state index contributed by atoms with van der Waals surface area (Å²) in [7, 11) is 1.16. The number of carbonyl (C=O) groups is 1. The molecule has 0 amide bonds. The van der Waals surface area contributed by atoms with Gasteiger partial charge in [-0.1, -0.05) is 18.1 Å². The van der Waals surface area contributed by atoms with Crippen molar-refractivity contribution in [2.75, 3.05) is 12.0 Å². The molecular weight excluding hydrogens is 475 g/mol. The van der Waals surface area contributed by atoms with Gasteiger partial charge in [-0.2, -0.15) is 18.4 Å². The summed E-state index contributed by atoms with van der Waals surface area (Å²) >= 11 is 0. The van der Waals surface area contributed by atoms with E-state index >= 15 is 0 Å². The third-order valence-electron chi connectivity index (χ3n) is 5.72. The average Bonchev–Trinajstić information content (AvgIpc) is 3.23. The number of nitrogens with zero attached hydrogens (tertiary/aromatic N) is 4. The average molecular weight is 493 g/mol. The van der Waals surface area contributed by atoms with Gasteiger partial charge in [-0.15, -0.1) is 11.0 Å². The highest BCUT2D eigenvalue weighted by Gasteiger charge is 2.40. The van der Waals surface area contributed by atoms with Crippen LogP contribution in [0.3, 0.4) is 0 Å². The fourth-order valence-corrected chi connectivity index (χ4v) is 4.19. The monoisotopic (exact) mass is 493 g/mol. The number of anilines is 2. The van der Waals surface area contributed by atoms with Gasteiger partial charge >= 0.3 is 17.8 Å². The van der Waals surface area contributed by atoms with Crippen molar-refractivity contribution in [1.82, 2.24) is 14.8 Å². The maximum absolute atomic E-state index is 13.4. The third kappa shape index (κ3) is 4.01. The van der Waals surface area contributed by atoms with E-state index < -0.39 is 29.4 Å². The second-order valence-electron chi connectivity index (χ2n) is 7.76. The molecule has 2 heterocycles. The molecule has 1 aliphatic heterocycles. The summed E-state index contributed by atoms with van der Waals surface area (Å²) in [6.45, 7) is 3.12. The molecule has 2 aromatic carbocycles. The molecule has 1 atom stereocenters. The molecule has 1 aliphatic rings. The second kappa shape index (κ2) is 9.12. The molecule has 1 aromatic heterocycles. The number of H-pyrrole nitrogens is 1. The van der Waals surface area contributed by atoms with E-state index in [1.54, 1.807) is 13.0 Å². The fraction of sp³-hybridized carbons (Fsp3) is 0.200. The first-order chi connectivity index (χ1) is 17.1. The molecule has 8 nitrogen and oxygen atoms in total. The minimum absolute atomic E-state index is 0.00484. The zero-order valence-corrected chi connectivity index (χ0v) is 19.3. The smallest absolute Gasteiger partial charge is 0.416 e. The number of fused-ring (bicyclic) bond motifs is 1. The Bertz CT molecular complexity index is 1560. The zero-order valence-electron chi connectivity index (χ0n) is 19.3. The zero-order chi connectivity index (χ0) is 26.2. The van der Waals surface area contributed by atoms with Crippen LogP contribution >= 0.6 is 0 Å². The highest BCUT2D eigenvalue weighted by Crippen LogP contribution is 2.43. The molecule has 1 N–H and O–H groups in total. The topological polar surface area (TPSA) is 104 Å². The number of rotatable bonds is 3. The number of aromatic nitrogens is 3. The number of alkyl halides is 3. The van der Waals surface area contributed by atoms with Crippen LogP contribution in [-0.2, 0) is 15.7 Å². The number of benzene rings is 2. The summed E-state index contributed by atoms with van der Waals surface area (Å²) < 4.78 is 46.5. The van der Waals surface area contributed by atoms with Crippen molar-refractivity contribution < 1.29 is 22.7 Å². The fourth-order valence-electron chi connectivity index (χ4n) is 4.19. The van der Waals surface area contributed by atoms with Crippen molar-refractivity contribution in [3.8, 4) is 17.9 Å². The number of ether oxygens (including phenoxy) is 1. The van der Waals surface area contributed by atoms with Crippen molar-refractivity contribution in [2.24, 2.45) is 0 Å². The largest absolute Gasteiger partial charge is 0.466 e. The quantitative estimate of drug-likeness (QED) is 0.437. The maximum Gasteiger partial charge on any atom is 0.416 e. The number of hydrogen-bond acceptors (Lipinski definition) is 6. The number of esters is 1. The molecule has 0 radical (unpaired) electrons. The Kier molecular flexibility index (Phi) is 6.17. The second-order valence-corrected chi connectivity index (χ2v) is 7.76. The van der Waals surface area contributed by atoms with Crippen LogP contribution in [0.5, 0.6) is 0 Å². The molecule has 0 saturated heterocycles. The van der Waals surface area contributed by atoms with E-state index in [1.165, 1.54) is 36.1 Å². The van der Waals surface area contributed by atoms with Crippen molar-refractivity contribution in [1.29, 1.82) is 5.26 Å². The number of hydrogen-bond donors (Lipinski definition) is 1. The summed E-state index contributed by atoms with van der Waals surface area (Å²) in [5.41, 5.74) is -0.257. The molecule has 0 spiro atoms. The molecule has 1 unspecified atom stereocenters. The Hall–Kier alpha value is -4.77. The van der Waals surface area contributed by atoms with Crippen molar-refractivity contribution in [3.05, 3.63) is 86.5 Å². The lowest BCUT2D eigenvalue weighted by Crippen LogP contribution is -2.38. The summed E-state index contributed by atoms with van der Waals surface area (Å²) in [5.74, 6) is 4.81. The lowest BCUT2D eigenvalue weighted by molar-refractivity contribution is -0.138. The highest BCUT2D eigenvalue weighted by atomic mass is 19.4. The van der Waals surface area contributed by atoms with Crippen molar-refractivity contribution >= 4 is 17.6 Å². The molecule has 11 heteroatoms. The normalized spacial score (nSPS) is 15.0. The number of halogens is 3. The minimum atomic E-state index is -4.61. The van der Waals surface area contributed by atoms with Crippen LogP contribution < -0.4 is 10.6 Å². The van der Waals surface area contributed by atoms with Gasteiger partial charge in [0.25, 0.3) is 0 Å². The van der Waals surface area contributed by atoms with E-state index in [-0.39, 0.29) is 22.9 Å². The van der Waals surface area contributed by atoms with E-state index in [1.807, 2.05) is 6.07 Å². The van der Waals surface area contributed by atoms with Crippen molar-refractivity contribution in [2.45, 2.75) is 26.1 Å². The van der Waals surface area contributed by atoms with Crippen LogP contribution in [0.2, 0.25) is 0 Å². The van der Waals surface area contributed by atoms with Crippen molar-refractivity contribution in [3.63, 3.8) is 0 Å². The van der Waals surface area contributed by atoms with Crippen LogP contribution in [0.4, 0.5) is 24.8 Å². The lowest BCUT2D eigenvalue weighted by atomic mass is 9.90. The third-order valence-corrected chi connectivity index (χ3v) is 5.72. The van der Waals surface area contributed by atoms with Gasteiger partial charge in [0.05, 0.1) is 29.9 Å². The summed E-state index contributed by atoms with van der Waals surface area (Å²) in [5, 5.41) is 15.7. The van der Waals surface area contributed by atoms with Gasteiger partial charge in [0.2, 0.25) is 5.95 Å². The van der Waals surface area contributed by atoms with Crippen LogP contribution in [0.25, 0.3) is 0 Å². The number of allylic oxidation sites excluding steroid dienone is 1. The number of aromatic amines is 1. The Morgan fingerprint density at radius 2 is 1.97 bits per heavy atom. The lowest BCUT2D eigenvalue weighted by Gasteiger charge is -2.35. The SMILES string of the molecule is CC#Cc1cc(C#N)ccc1C1C(C(=O)OC)=C(C)N(c2cccc(C(F)(F)F)c2)c2n[nH]c(=O)n21. The molecule has 4 rings (SSSR count). The van der Waals surface area contributed by atoms with Crippen LogP contribution in [0.15, 0.2) is 58.5 Å². The molecule has 0 fully saturated rings. The molecule has 0 saturated carbocycles. The van der Waals surface area contributed by atoms with Gasteiger partial charge < -0.3 is 4.74 Å². The summed E-state index contributed by atoms with van der Waals surface area (Å²) in [6.07, 6.45) is -4.61. The number of nitrogens with one attached hydrogen (secondary N) is 1. The van der Waals surface area contributed by atoms with Crippen LogP contribution in [0, 0.1) is 23.2 Å². The highest BCUT2D eigenvalue weighted by molar-refractivity contribution is 5.93. The first-order valence-corrected chi connectivity index (χ1v) is 10.5. The minimum Gasteiger partial charge on any atom is -0.466 e. The molecule has 0 aliphatic carbocycles. The number of methoxy groups -OCH3 is 1. The number of carbonyl (C=O) groups excluding carboxylic acids is 1. The molecule has 36 heavy (non-hydrogen) atoms. The molecule has 0 bridgehead atoms. The van der Waals surface area contributed by atoms with E-state index in [0.29, 0.717) is 16.7 Å². The van der Waals surface area contributed by atoms with Crippen LogP contribution in [-0.4, -0.2) is 27.8 Å². The van der Waals surface area contributed by atoms with E-state index in [0.717, 1.165) is 23.8 Å². The number of nitriles is 1. The standard InChI is InChI=1S/C25H18F3N5O3/c1-4-6-16-11-15(13-29)9-10-19(16)21-20(22(34)36-3)14(2)32(23-30-31-24(35)33(21)23)18-8-5-7-17(12-18)25(26,27)28/h5,7-12,21H,1-3H3,(H,31,35). The van der Waals surface area contributed by atoms with E-state index in [9.17, 15) is 28.0 Å². The Balaban J connectivity index is 2.05. The van der Waals surface area contributed by atoms with Gasteiger partial charge in [0.15, 0.2) is 0 Å². The van der Waals surface area contributed by atoms with E-state index in [2.05, 4.69) is 22.0 Å². The predicted octanol–water partition coefficient (Wildman–Crippen LogP) is 4.02. The van der Waals surface area contributed by atoms with Gasteiger partial charge in [-0.05, 0) is 49.7 Å². The predicted molar refractivity (Wildman–Crippen MR) is 123 cm³/mol. The van der Waals surface area contributed by atoms with E-state index in [4.69, 9.17) is 4.74 Å².